The molecule has 0 aliphatic carbocycles. The normalized spacial score (nSPS) is 11.0. The molecule has 6 nitrogen and oxygen atoms in total. The van der Waals surface area contributed by atoms with Crippen molar-refractivity contribution in [3.05, 3.63) is 60.3 Å². The summed E-state index contributed by atoms with van der Waals surface area (Å²) in [6.07, 6.45) is 1.72. The number of rotatable bonds is 4. The van der Waals surface area contributed by atoms with Crippen LogP contribution >= 0.6 is 0 Å². The average Bonchev–Trinajstić information content (AvgIpc) is 3.27. The highest BCUT2D eigenvalue weighted by Gasteiger charge is 2.11. The molecule has 2 aromatic heterocycles. The zero-order chi connectivity index (χ0) is 16.5. The van der Waals surface area contributed by atoms with E-state index in [0.717, 1.165) is 28.1 Å². The van der Waals surface area contributed by atoms with Crippen LogP contribution in [0.2, 0.25) is 0 Å². The summed E-state index contributed by atoms with van der Waals surface area (Å²) >= 11 is 0. The summed E-state index contributed by atoms with van der Waals surface area (Å²) in [6.45, 7) is -0.506. The maximum Gasteiger partial charge on any atom is 0.188 e. The number of Topliss-reactive ketones (excluding diaryl/α,β-unsaturated/α-hetero) is 1. The standard InChI is InChI=1S/C18H14N4O2/c23-10-16(24)12-6-7-13-14(8-12)21-18(20-13)15-9-19-17(22-15)11-4-2-1-3-5-11/h1-9,23H,10H2,(H,19,22)(H,20,21). The van der Waals surface area contributed by atoms with Crippen LogP contribution in [0.5, 0.6) is 0 Å². The van der Waals surface area contributed by atoms with E-state index < -0.39 is 6.61 Å². The average molecular weight is 318 g/mol. The maximum atomic E-state index is 11.6. The molecule has 2 heterocycles. The number of ketones is 1. The van der Waals surface area contributed by atoms with E-state index in [1.807, 2.05) is 30.3 Å². The number of carbonyl (C=O) groups is 1. The number of aromatic amines is 2. The van der Waals surface area contributed by atoms with E-state index in [-0.39, 0.29) is 5.78 Å². The van der Waals surface area contributed by atoms with Gasteiger partial charge >= 0.3 is 0 Å². The largest absolute Gasteiger partial charge is 0.388 e. The number of H-pyrrole nitrogens is 2. The fourth-order valence-corrected chi connectivity index (χ4v) is 2.59. The lowest BCUT2D eigenvalue weighted by Crippen LogP contribution is -2.03. The zero-order valence-electron chi connectivity index (χ0n) is 12.7. The Hall–Kier alpha value is -3.25. The smallest absolute Gasteiger partial charge is 0.188 e. The molecule has 4 aromatic rings. The van der Waals surface area contributed by atoms with Crippen molar-refractivity contribution in [1.82, 2.24) is 19.9 Å². The van der Waals surface area contributed by atoms with Gasteiger partial charge in [0.25, 0.3) is 0 Å². The second-order valence-corrected chi connectivity index (χ2v) is 5.41. The number of hydrogen-bond acceptors (Lipinski definition) is 4. The maximum absolute atomic E-state index is 11.6. The Kier molecular flexibility index (Phi) is 3.44. The molecule has 0 aliphatic rings. The van der Waals surface area contributed by atoms with Gasteiger partial charge in [0.15, 0.2) is 11.6 Å². The molecule has 0 fully saturated rings. The highest BCUT2D eigenvalue weighted by atomic mass is 16.3. The van der Waals surface area contributed by atoms with Gasteiger partial charge in [0.05, 0.1) is 17.2 Å². The Balaban J connectivity index is 1.72. The van der Waals surface area contributed by atoms with E-state index in [1.54, 1.807) is 24.4 Å². The highest BCUT2D eigenvalue weighted by molar-refractivity contribution is 5.99. The lowest BCUT2D eigenvalue weighted by molar-refractivity contribution is 0.0904. The molecule has 4 rings (SSSR count). The summed E-state index contributed by atoms with van der Waals surface area (Å²) in [5.41, 5.74) is 3.70. The Bertz CT molecular complexity index is 1020. The van der Waals surface area contributed by atoms with Crippen molar-refractivity contribution in [2.45, 2.75) is 0 Å². The number of hydrogen-bond donors (Lipinski definition) is 3. The van der Waals surface area contributed by atoms with E-state index in [1.165, 1.54) is 0 Å². The van der Waals surface area contributed by atoms with Crippen LogP contribution < -0.4 is 0 Å². The number of nitrogens with zero attached hydrogens (tertiary/aromatic N) is 2. The summed E-state index contributed by atoms with van der Waals surface area (Å²) in [7, 11) is 0. The molecule has 0 radical (unpaired) electrons. The van der Waals surface area contributed by atoms with Gasteiger partial charge in [-0.1, -0.05) is 30.3 Å². The molecule has 24 heavy (non-hydrogen) atoms. The molecular weight excluding hydrogens is 304 g/mol. The van der Waals surface area contributed by atoms with Gasteiger partial charge in [-0.25, -0.2) is 9.97 Å². The Morgan fingerprint density at radius 1 is 1.04 bits per heavy atom. The van der Waals surface area contributed by atoms with E-state index in [0.29, 0.717) is 11.4 Å². The van der Waals surface area contributed by atoms with Gasteiger partial charge in [-0.2, -0.15) is 0 Å². The van der Waals surface area contributed by atoms with Crippen molar-refractivity contribution in [2.75, 3.05) is 6.61 Å². The van der Waals surface area contributed by atoms with Gasteiger partial charge in [-0.3, -0.25) is 4.79 Å². The first kappa shape index (κ1) is 14.3. The van der Waals surface area contributed by atoms with Crippen molar-refractivity contribution < 1.29 is 9.90 Å². The topological polar surface area (TPSA) is 94.7 Å². The number of carbonyl (C=O) groups excluding carboxylic acids is 1. The number of nitrogens with one attached hydrogen (secondary N) is 2. The number of aromatic nitrogens is 4. The third-order valence-corrected chi connectivity index (χ3v) is 3.83. The molecule has 0 amide bonds. The predicted octanol–water partition coefficient (Wildman–Crippen LogP) is 2.79. The second-order valence-electron chi connectivity index (χ2n) is 5.41. The molecule has 6 heteroatoms. The fraction of sp³-hybridized carbons (Fsp3) is 0.0556. The quantitative estimate of drug-likeness (QED) is 0.504. The van der Waals surface area contributed by atoms with Crippen LogP contribution in [0.4, 0.5) is 0 Å². The zero-order valence-corrected chi connectivity index (χ0v) is 12.7. The molecule has 0 saturated carbocycles. The molecule has 0 saturated heterocycles. The van der Waals surface area contributed by atoms with E-state index in [4.69, 9.17) is 5.11 Å². The van der Waals surface area contributed by atoms with Crippen LogP contribution in [-0.2, 0) is 0 Å². The molecule has 0 spiro atoms. The van der Waals surface area contributed by atoms with Gasteiger partial charge in [0.1, 0.15) is 18.1 Å². The van der Waals surface area contributed by atoms with Crippen molar-refractivity contribution in [1.29, 1.82) is 0 Å². The molecule has 118 valence electrons. The number of imidazole rings is 2. The summed E-state index contributed by atoms with van der Waals surface area (Å²) in [6, 6.07) is 14.9. The van der Waals surface area contributed by atoms with E-state index >= 15 is 0 Å². The van der Waals surface area contributed by atoms with Gasteiger partial charge < -0.3 is 15.1 Å². The van der Waals surface area contributed by atoms with Crippen molar-refractivity contribution >= 4 is 16.8 Å². The van der Waals surface area contributed by atoms with Crippen molar-refractivity contribution in [3.63, 3.8) is 0 Å². The third-order valence-electron chi connectivity index (χ3n) is 3.83. The molecule has 0 unspecified atom stereocenters. The summed E-state index contributed by atoms with van der Waals surface area (Å²) in [5, 5.41) is 8.97. The van der Waals surface area contributed by atoms with Crippen LogP contribution in [0.3, 0.4) is 0 Å². The van der Waals surface area contributed by atoms with Gasteiger partial charge in [0.2, 0.25) is 0 Å². The monoisotopic (exact) mass is 318 g/mol. The van der Waals surface area contributed by atoms with Crippen LogP contribution in [0.25, 0.3) is 33.9 Å². The molecule has 3 N–H and O–H groups in total. The molecule has 0 atom stereocenters. The second kappa shape index (κ2) is 5.75. The van der Waals surface area contributed by atoms with E-state index in [2.05, 4.69) is 19.9 Å². The van der Waals surface area contributed by atoms with Crippen LogP contribution in [0, 0.1) is 0 Å². The highest BCUT2D eigenvalue weighted by Crippen LogP contribution is 2.23. The minimum Gasteiger partial charge on any atom is -0.388 e. The third kappa shape index (κ3) is 2.49. The first-order valence-electron chi connectivity index (χ1n) is 7.49. The Labute approximate surface area is 137 Å². The lowest BCUT2D eigenvalue weighted by atomic mass is 10.1. The molecule has 2 aromatic carbocycles. The van der Waals surface area contributed by atoms with Crippen LogP contribution in [-0.4, -0.2) is 37.4 Å². The summed E-state index contributed by atoms with van der Waals surface area (Å²) in [4.78, 5) is 26.9. The van der Waals surface area contributed by atoms with Crippen LogP contribution in [0.1, 0.15) is 10.4 Å². The molecule has 0 aliphatic heterocycles. The molecule has 0 bridgehead atoms. The van der Waals surface area contributed by atoms with Crippen molar-refractivity contribution in [2.24, 2.45) is 0 Å². The van der Waals surface area contributed by atoms with Crippen molar-refractivity contribution in [3.8, 4) is 22.9 Å². The predicted molar refractivity (Wildman–Crippen MR) is 90.5 cm³/mol. The minimum absolute atomic E-state index is 0.319. The SMILES string of the molecule is O=C(CO)c1ccc2nc(-c3cnc(-c4ccccc4)[nH]3)[nH]c2c1. The Morgan fingerprint density at radius 3 is 2.67 bits per heavy atom. The first-order valence-corrected chi connectivity index (χ1v) is 7.49. The van der Waals surface area contributed by atoms with Gasteiger partial charge in [-0.05, 0) is 18.2 Å². The summed E-state index contributed by atoms with van der Waals surface area (Å²) in [5.74, 6) is 1.09. The van der Waals surface area contributed by atoms with E-state index in [9.17, 15) is 4.79 Å². The Morgan fingerprint density at radius 2 is 1.88 bits per heavy atom. The summed E-state index contributed by atoms with van der Waals surface area (Å²) < 4.78 is 0. The van der Waals surface area contributed by atoms with Crippen LogP contribution in [0.15, 0.2) is 54.7 Å². The lowest BCUT2D eigenvalue weighted by Gasteiger charge is -1.96. The molecular formula is C18H14N4O2. The van der Waals surface area contributed by atoms with Gasteiger partial charge in [-0.15, -0.1) is 0 Å². The van der Waals surface area contributed by atoms with Gasteiger partial charge in [0, 0.05) is 11.1 Å². The minimum atomic E-state index is -0.506. The number of fused-ring (bicyclic) bond motifs is 1. The number of aliphatic hydroxyl groups is 1. The first-order chi connectivity index (χ1) is 11.7. The number of benzene rings is 2. The fourth-order valence-electron chi connectivity index (χ4n) is 2.59. The number of aliphatic hydroxyl groups excluding tert-OH is 1.